The maximum Gasteiger partial charge on any atom is 0.0224 e. The summed E-state index contributed by atoms with van der Waals surface area (Å²) >= 11 is 0. The van der Waals surface area contributed by atoms with Crippen LogP contribution in [0.25, 0.3) is 0 Å². The van der Waals surface area contributed by atoms with Crippen molar-refractivity contribution in [2.24, 2.45) is 0 Å². The number of rotatable bonds is 0. The summed E-state index contributed by atoms with van der Waals surface area (Å²) in [5, 5.41) is 3.28. The normalized spacial score (nSPS) is 38.0. The monoisotopic (exact) mass is 168 g/mol. The van der Waals surface area contributed by atoms with E-state index in [4.69, 9.17) is 0 Å². The molecule has 0 aromatic heterocycles. The van der Waals surface area contributed by atoms with Crippen LogP contribution in [0.5, 0.6) is 0 Å². The van der Waals surface area contributed by atoms with E-state index in [1.807, 2.05) is 0 Å². The Bertz CT molecular complexity index is 112. The molecule has 0 bridgehead atoms. The van der Waals surface area contributed by atoms with Crippen LogP contribution in [0.1, 0.15) is 32.1 Å². The molecule has 0 aliphatic carbocycles. The molecule has 0 radical (unpaired) electrons. The van der Waals surface area contributed by atoms with Crippen molar-refractivity contribution in [1.29, 1.82) is 0 Å². The number of nitrogens with zero attached hydrogens (tertiary/aromatic N) is 1. The van der Waals surface area contributed by atoms with E-state index in [9.17, 15) is 0 Å². The third-order valence-corrected chi connectivity index (χ3v) is 3.02. The SMILES string of the molecule is C1CC2CN2C1.C1CCNCC1. The molecule has 3 aliphatic heterocycles. The standard InChI is InChI=1S/C5H9N.C5H11N/c1-2-5-4-6(5)3-1;1-2-4-6-5-3-1/h5H,1-4H2;6H,1-5H2. The topological polar surface area (TPSA) is 15.0 Å². The molecule has 3 heterocycles. The van der Waals surface area contributed by atoms with Crippen LogP contribution >= 0.6 is 0 Å². The van der Waals surface area contributed by atoms with Gasteiger partial charge in [-0.2, -0.15) is 0 Å². The average molecular weight is 168 g/mol. The summed E-state index contributed by atoms with van der Waals surface area (Å²) in [5.41, 5.74) is 0. The van der Waals surface area contributed by atoms with Crippen molar-refractivity contribution < 1.29 is 0 Å². The van der Waals surface area contributed by atoms with Gasteiger partial charge in [0.2, 0.25) is 0 Å². The van der Waals surface area contributed by atoms with Crippen molar-refractivity contribution in [3.63, 3.8) is 0 Å². The zero-order valence-electron chi connectivity index (χ0n) is 7.89. The Balaban J connectivity index is 0.0000000939. The number of hydrogen-bond donors (Lipinski definition) is 1. The first kappa shape index (κ1) is 8.52. The lowest BCUT2D eigenvalue weighted by Crippen LogP contribution is -2.21. The molecule has 3 aliphatic rings. The van der Waals surface area contributed by atoms with Crippen LogP contribution < -0.4 is 5.32 Å². The minimum Gasteiger partial charge on any atom is -0.317 e. The minimum atomic E-state index is 1.05. The van der Waals surface area contributed by atoms with Crippen molar-refractivity contribution in [1.82, 2.24) is 10.2 Å². The molecule has 2 heteroatoms. The highest BCUT2D eigenvalue weighted by Crippen LogP contribution is 2.28. The van der Waals surface area contributed by atoms with Gasteiger partial charge < -0.3 is 5.32 Å². The zero-order valence-corrected chi connectivity index (χ0v) is 7.89. The summed E-state index contributed by atoms with van der Waals surface area (Å²) in [6, 6.07) is 1.05. The maximum atomic E-state index is 3.28. The molecule has 1 N–H and O–H groups in total. The highest BCUT2D eigenvalue weighted by molar-refractivity contribution is 4.94. The van der Waals surface area contributed by atoms with Gasteiger partial charge in [0.15, 0.2) is 0 Å². The van der Waals surface area contributed by atoms with Gasteiger partial charge in [-0.15, -0.1) is 0 Å². The Morgan fingerprint density at radius 1 is 1.00 bits per heavy atom. The molecule has 0 aromatic carbocycles. The second-order valence-corrected chi connectivity index (χ2v) is 4.10. The Kier molecular flexibility index (Phi) is 3.01. The molecule has 3 saturated heterocycles. The summed E-state index contributed by atoms with van der Waals surface area (Å²) in [7, 11) is 0. The van der Waals surface area contributed by atoms with E-state index in [1.54, 1.807) is 0 Å². The summed E-state index contributed by atoms with van der Waals surface area (Å²) in [6.07, 6.45) is 7.16. The molecule has 3 rings (SSSR count). The molecule has 12 heavy (non-hydrogen) atoms. The summed E-state index contributed by atoms with van der Waals surface area (Å²) < 4.78 is 0. The Morgan fingerprint density at radius 3 is 2.00 bits per heavy atom. The Hall–Kier alpha value is -0.0800. The predicted molar refractivity (Wildman–Crippen MR) is 51.3 cm³/mol. The third-order valence-electron chi connectivity index (χ3n) is 3.02. The third kappa shape index (κ3) is 2.46. The highest BCUT2D eigenvalue weighted by atomic mass is 15.3. The fourth-order valence-electron chi connectivity index (χ4n) is 2.10. The number of hydrogen-bond acceptors (Lipinski definition) is 2. The van der Waals surface area contributed by atoms with Gasteiger partial charge in [0.1, 0.15) is 0 Å². The van der Waals surface area contributed by atoms with Crippen LogP contribution in [0, 0.1) is 0 Å². The van der Waals surface area contributed by atoms with Gasteiger partial charge in [-0.1, -0.05) is 6.42 Å². The van der Waals surface area contributed by atoms with Gasteiger partial charge in [0.25, 0.3) is 0 Å². The molecule has 2 nitrogen and oxygen atoms in total. The van der Waals surface area contributed by atoms with Gasteiger partial charge >= 0.3 is 0 Å². The summed E-state index contributed by atoms with van der Waals surface area (Å²) in [6.45, 7) is 5.31. The average Bonchev–Trinajstić information content (AvgIpc) is 2.78. The van der Waals surface area contributed by atoms with Gasteiger partial charge in [-0.05, 0) is 45.3 Å². The minimum absolute atomic E-state index is 1.05. The highest BCUT2D eigenvalue weighted by Gasteiger charge is 2.37. The van der Waals surface area contributed by atoms with Crippen molar-refractivity contribution in [3.05, 3.63) is 0 Å². The van der Waals surface area contributed by atoms with E-state index in [2.05, 4.69) is 10.2 Å². The first-order valence-electron chi connectivity index (χ1n) is 5.41. The lowest BCUT2D eigenvalue weighted by Gasteiger charge is -2.08. The van der Waals surface area contributed by atoms with Crippen molar-refractivity contribution >= 4 is 0 Å². The Morgan fingerprint density at radius 2 is 1.83 bits per heavy atom. The largest absolute Gasteiger partial charge is 0.317 e. The maximum absolute atomic E-state index is 3.28. The van der Waals surface area contributed by atoms with Gasteiger partial charge in [-0.25, -0.2) is 0 Å². The van der Waals surface area contributed by atoms with Crippen LogP contribution in [0.2, 0.25) is 0 Å². The van der Waals surface area contributed by atoms with E-state index >= 15 is 0 Å². The molecule has 0 spiro atoms. The van der Waals surface area contributed by atoms with Crippen molar-refractivity contribution in [2.75, 3.05) is 26.2 Å². The molecular weight excluding hydrogens is 148 g/mol. The molecule has 2 unspecified atom stereocenters. The molecule has 0 amide bonds. The van der Waals surface area contributed by atoms with E-state index in [0.717, 1.165) is 6.04 Å². The summed E-state index contributed by atoms with van der Waals surface area (Å²) in [5.74, 6) is 0. The van der Waals surface area contributed by atoms with Gasteiger partial charge in [0.05, 0.1) is 0 Å². The lowest BCUT2D eigenvalue weighted by molar-refractivity contribution is 0.520. The molecule has 2 atom stereocenters. The first-order chi connectivity index (χ1) is 5.97. The van der Waals surface area contributed by atoms with Crippen LogP contribution in [-0.2, 0) is 0 Å². The molecule has 3 fully saturated rings. The van der Waals surface area contributed by atoms with Gasteiger partial charge in [-0.3, -0.25) is 4.90 Å². The van der Waals surface area contributed by atoms with Crippen LogP contribution in [0.3, 0.4) is 0 Å². The first-order valence-corrected chi connectivity index (χ1v) is 5.41. The van der Waals surface area contributed by atoms with E-state index in [0.29, 0.717) is 0 Å². The predicted octanol–water partition coefficient (Wildman–Crippen LogP) is 1.22. The number of fused-ring (bicyclic) bond motifs is 1. The second kappa shape index (κ2) is 4.24. The smallest absolute Gasteiger partial charge is 0.0224 e. The molecule has 0 saturated carbocycles. The van der Waals surface area contributed by atoms with E-state index in [-0.39, 0.29) is 0 Å². The van der Waals surface area contributed by atoms with Crippen molar-refractivity contribution in [2.45, 2.75) is 38.1 Å². The number of piperidine rings is 2. The molecular formula is C10H20N2. The quantitative estimate of drug-likeness (QED) is 0.547. The summed E-state index contributed by atoms with van der Waals surface area (Å²) in [4.78, 5) is 2.53. The second-order valence-electron chi connectivity index (χ2n) is 4.10. The van der Waals surface area contributed by atoms with E-state index < -0.39 is 0 Å². The molecule has 0 aromatic rings. The van der Waals surface area contributed by atoms with Crippen LogP contribution in [0.15, 0.2) is 0 Å². The molecule has 70 valence electrons. The number of nitrogens with one attached hydrogen (secondary N) is 1. The van der Waals surface area contributed by atoms with Gasteiger partial charge in [0, 0.05) is 12.6 Å². The fourth-order valence-corrected chi connectivity index (χ4v) is 2.10. The van der Waals surface area contributed by atoms with E-state index in [1.165, 1.54) is 58.3 Å². The van der Waals surface area contributed by atoms with Crippen LogP contribution in [0.4, 0.5) is 0 Å². The zero-order chi connectivity index (χ0) is 8.23. The fraction of sp³-hybridized carbons (Fsp3) is 1.00. The van der Waals surface area contributed by atoms with Crippen molar-refractivity contribution in [3.8, 4) is 0 Å². The Labute approximate surface area is 75.3 Å². The lowest BCUT2D eigenvalue weighted by atomic mass is 10.2. The van der Waals surface area contributed by atoms with Crippen LogP contribution in [-0.4, -0.2) is 37.1 Å².